The molecule has 0 radical (unpaired) electrons. The van der Waals surface area contributed by atoms with Gasteiger partial charge in [-0.15, -0.1) is 0 Å². The van der Waals surface area contributed by atoms with Crippen molar-refractivity contribution in [1.82, 2.24) is 10.2 Å². The van der Waals surface area contributed by atoms with Gasteiger partial charge in [-0.3, -0.25) is 14.4 Å². The van der Waals surface area contributed by atoms with Gasteiger partial charge in [0.2, 0.25) is 11.8 Å². The zero-order chi connectivity index (χ0) is 24.9. The van der Waals surface area contributed by atoms with Gasteiger partial charge in [0.05, 0.1) is 30.2 Å². The molecule has 8 nitrogen and oxygen atoms in total. The average molecular weight is 480 g/mol. The second-order valence-electron chi connectivity index (χ2n) is 9.18. The van der Waals surface area contributed by atoms with Crippen molar-refractivity contribution >= 4 is 23.4 Å². The van der Waals surface area contributed by atoms with Crippen molar-refractivity contribution in [2.75, 3.05) is 19.0 Å². The maximum atomic E-state index is 13.3. The SMILES string of the molecule is CCC(=O)Nc1ccc2c(c1)C(=O)N(C)[C@H]1CC[C@@H](CC(=O)N[C@H](C)c3ccccc3)O[C@@H]1CO2. The molecule has 3 amide bonds. The molecule has 0 spiro atoms. The number of carbonyl (C=O) groups excluding carboxylic acids is 3. The highest BCUT2D eigenvalue weighted by atomic mass is 16.5. The minimum atomic E-state index is -0.338. The Morgan fingerprint density at radius 1 is 1.11 bits per heavy atom. The first-order valence-corrected chi connectivity index (χ1v) is 12.2. The van der Waals surface area contributed by atoms with E-state index in [0.717, 1.165) is 5.56 Å². The molecular formula is C27H33N3O5. The Balaban J connectivity index is 1.40. The number of ether oxygens (including phenoxy) is 2. The fraction of sp³-hybridized carbons (Fsp3) is 0.444. The van der Waals surface area contributed by atoms with Gasteiger partial charge in [0, 0.05) is 19.2 Å². The molecule has 2 N–H and O–H groups in total. The van der Waals surface area contributed by atoms with E-state index in [4.69, 9.17) is 9.47 Å². The molecule has 0 aliphatic carbocycles. The monoisotopic (exact) mass is 479 g/mol. The summed E-state index contributed by atoms with van der Waals surface area (Å²) in [6.07, 6.45) is 1.42. The first-order chi connectivity index (χ1) is 16.9. The van der Waals surface area contributed by atoms with E-state index in [1.54, 1.807) is 37.1 Å². The lowest BCUT2D eigenvalue weighted by molar-refractivity contribution is -0.134. The molecule has 2 aliphatic heterocycles. The molecule has 8 heteroatoms. The summed E-state index contributed by atoms with van der Waals surface area (Å²) < 4.78 is 12.3. The molecule has 35 heavy (non-hydrogen) atoms. The number of benzene rings is 2. The van der Waals surface area contributed by atoms with Gasteiger partial charge >= 0.3 is 0 Å². The molecule has 1 saturated heterocycles. The van der Waals surface area contributed by atoms with Crippen LogP contribution in [0.25, 0.3) is 0 Å². The van der Waals surface area contributed by atoms with Crippen molar-refractivity contribution in [1.29, 1.82) is 0 Å². The lowest BCUT2D eigenvalue weighted by Gasteiger charge is -2.42. The van der Waals surface area contributed by atoms with Crippen LogP contribution in [0.4, 0.5) is 5.69 Å². The normalized spacial score (nSPS) is 22.5. The predicted octanol–water partition coefficient (Wildman–Crippen LogP) is 3.68. The van der Waals surface area contributed by atoms with Crippen LogP contribution >= 0.6 is 0 Å². The third-order valence-corrected chi connectivity index (χ3v) is 6.71. The van der Waals surface area contributed by atoms with Crippen molar-refractivity contribution in [3.63, 3.8) is 0 Å². The number of carbonyl (C=O) groups is 3. The fourth-order valence-corrected chi connectivity index (χ4v) is 4.69. The van der Waals surface area contributed by atoms with Crippen molar-refractivity contribution in [3.8, 4) is 5.75 Å². The molecule has 186 valence electrons. The molecule has 4 atom stereocenters. The molecule has 2 aromatic carbocycles. The van der Waals surface area contributed by atoms with Crippen LogP contribution in [0.5, 0.6) is 5.75 Å². The lowest BCUT2D eigenvalue weighted by Crippen LogP contribution is -2.54. The van der Waals surface area contributed by atoms with Gasteiger partial charge in [-0.25, -0.2) is 0 Å². The number of hydrogen-bond donors (Lipinski definition) is 2. The zero-order valence-electron chi connectivity index (χ0n) is 20.5. The second kappa shape index (κ2) is 10.9. The molecule has 2 aliphatic rings. The highest BCUT2D eigenvalue weighted by Gasteiger charge is 2.39. The molecule has 0 unspecified atom stereocenters. The molecule has 1 fully saturated rings. The van der Waals surface area contributed by atoms with Crippen molar-refractivity contribution in [2.45, 2.75) is 63.8 Å². The topological polar surface area (TPSA) is 97.0 Å². The Kier molecular flexibility index (Phi) is 7.70. The first kappa shape index (κ1) is 24.7. The van der Waals surface area contributed by atoms with Crippen LogP contribution < -0.4 is 15.4 Å². The molecular weight excluding hydrogens is 446 g/mol. The molecule has 0 aromatic heterocycles. The summed E-state index contributed by atoms with van der Waals surface area (Å²) >= 11 is 0. The van der Waals surface area contributed by atoms with Gasteiger partial charge in [0.15, 0.2) is 0 Å². The highest BCUT2D eigenvalue weighted by Crippen LogP contribution is 2.32. The largest absolute Gasteiger partial charge is 0.490 e. The Labute approximate surface area is 206 Å². The molecule has 0 saturated carbocycles. The minimum absolute atomic E-state index is 0.0620. The predicted molar refractivity (Wildman–Crippen MR) is 132 cm³/mol. The number of anilines is 1. The number of likely N-dealkylation sites (N-methyl/N-ethyl adjacent to an activating group) is 1. The van der Waals surface area contributed by atoms with Crippen molar-refractivity contribution in [3.05, 3.63) is 59.7 Å². The molecule has 4 rings (SSSR count). The van der Waals surface area contributed by atoms with Gasteiger partial charge in [-0.2, -0.15) is 0 Å². The third kappa shape index (κ3) is 5.82. The van der Waals surface area contributed by atoms with E-state index >= 15 is 0 Å². The summed E-state index contributed by atoms with van der Waals surface area (Å²) in [5.41, 5.74) is 2.03. The number of hydrogen-bond acceptors (Lipinski definition) is 5. The quantitative estimate of drug-likeness (QED) is 0.659. The Bertz CT molecular complexity index is 1070. The summed E-state index contributed by atoms with van der Waals surface area (Å²) in [4.78, 5) is 39.4. The summed E-state index contributed by atoms with van der Waals surface area (Å²) in [7, 11) is 1.77. The van der Waals surface area contributed by atoms with Gasteiger partial charge in [-0.05, 0) is 43.5 Å². The number of nitrogens with one attached hydrogen (secondary N) is 2. The minimum Gasteiger partial charge on any atom is -0.490 e. The second-order valence-corrected chi connectivity index (χ2v) is 9.18. The van der Waals surface area contributed by atoms with Crippen LogP contribution in [0, 0.1) is 0 Å². The van der Waals surface area contributed by atoms with E-state index in [0.29, 0.717) is 36.3 Å². The van der Waals surface area contributed by atoms with Crippen LogP contribution in [-0.2, 0) is 14.3 Å². The summed E-state index contributed by atoms with van der Waals surface area (Å²) in [5.74, 6) is 0.0909. The van der Waals surface area contributed by atoms with E-state index in [9.17, 15) is 14.4 Å². The molecule has 2 heterocycles. The summed E-state index contributed by atoms with van der Waals surface area (Å²) in [6, 6.07) is 14.7. The third-order valence-electron chi connectivity index (χ3n) is 6.71. The average Bonchev–Trinajstić information content (AvgIpc) is 2.86. The van der Waals surface area contributed by atoms with Crippen LogP contribution in [-0.4, -0.2) is 54.5 Å². The Hall–Kier alpha value is -3.39. The van der Waals surface area contributed by atoms with Crippen LogP contribution in [0.2, 0.25) is 0 Å². The highest BCUT2D eigenvalue weighted by molar-refractivity contribution is 5.99. The first-order valence-electron chi connectivity index (χ1n) is 12.2. The Morgan fingerprint density at radius 3 is 2.63 bits per heavy atom. The smallest absolute Gasteiger partial charge is 0.257 e. The van der Waals surface area contributed by atoms with Gasteiger partial charge < -0.3 is 25.0 Å². The van der Waals surface area contributed by atoms with E-state index < -0.39 is 0 Å². The number of fused-ring (bicyclic) bond motifs is 2. The van der Waals surface area contributed by atoms with E-state index in [1.165, 1.54) is 0 Å². The van der Waals surface area contributed by atoms with E-state index in [-0.39, 0.29) is 55.0 Å². The maximum Gasteiger partial charge on any atom is 0.257 e. The maximum absolute atomic E-state index is 13.3. The fourth-order valence-electron chi connectivity index (χ4n) is 4.69. The van der Waals surface area contributed by atoms with Crippen LogP contribution in [0.1, 0.15) is 61.5 Å². The molecule has 0 bridgehead atoms. The van der Waals surface area contributed by atoms with Gasteiger partial charge in [0.1, 0.15) is 18.5 Å². The summed E-state index contributed by atoms with van der Waals surface area (Å²) in [5, 5.41) is 5.83. The summed E-state index contributed by atoms with van der Waals surface area (Å²) in [6.45, 7) is 4.01. The van der Waals surface area contributed by atoms with E-state index in [1.807, 2.05) is 37.3 Å². The number of nitrogens with zero attached hydrogens (tertiary/aromatic N) is 1. The Morgan fingerprint density at radius 2 is 1.89 bits per heavy atom. The van der Waals surface area contributed by atoms with Crippen LogP contribution in [0.15, 0.2) is 48.5 Å². The number of rotatable bonds is 6. The van der Waals surface area contributed by atoms with Crippen LogP contribution in [0.3, 0.4) is 0 Å². The standard InChI is InChI=1S/C27H33N3O5/c1-4-25(31)29-19-10-13-23-21(14-19)27(33)30(3)22-12-11-20(35-24(22)16-34-23)15-26(32)28-17(2)18-8-6-5-7-9-18/h5-10,13-14,17,20,22,24H,4,11-12,15-16H2,1-3H3,(H,28,32)(H,29,31)/t17-,20+,22+,24-/m1/s1. The van der Waals surface area contributed by atoms with Crippen molar-refractivity contribution in [2.24, 2.45) is 0 Å². The zero-order valence-corrected chi connectivity index (χ0v) is 20.5. The molecule has 2 aromatic rings. The lowest BCUT2D eigenvalue weighted by atomic mass is 9.94. The van der Waals surface area contributed by atoms with Crippen molar-refractivity contribution < 1.29 is 23.9 Å². The number of amides is 3. The van der Waals surface area contributed by atoms with Gasteiger partial charge in [-0.1, -0.05) is 37.3 Å². The van der Waals surface area contributed by atoms with Gasteiger partial charge in [0.25, 0.3) is 5.91 Å². The van der Waals surface area contributed by atoms with E-state index in [2.05, 4.69) is 10.6 Å².